The summed E-state index contributed by atoms with van der Waals surface area (Å²) >= 11 is 0. The van der Waals surface area contributed by atoms with Crippen LogP contribution in [0, 0.1) is 5.92 Å². The van der Waals surface area contributed by atoms with Crippen LogP contribution in [-0.2, 0) is 11.2 Å². The van der Waals surface area contributed by atoms with Crippen molar-refractivity contribution in [1.29, 1.82) is 0 Å². The number of carbonyl (C=O) groups is 1. The van der Waals surface area contributed by atoms with Crippen LogP contribution in [0.25, 0.3) is 6.08 Å². The first-order chi connectivity index (χ1) is 7.68. The highest BCUT2D eigenvalue weighted by molar-refractivity contribution is 6.03. The fraction of sp³-hybridized carbons (Fsp3) is 0.214. The zero-order valence-corrected chi connectivity index (χ0v) is 9.23. The number of rotatable bonds is 0. The predicted octanol–water partition coefficient (Wildman–Crippen LogP) is 2.23. The first-order valence-corrected chi connectivity index (χ1v) is 5.45. The first-order valence-electron chi connectivity index (χ1n) is 5.45. The molecule has 0 saturated carbocycles. The lowest BCUT2D eigenvalue weighted by molar-refractivity contribution is -0.122. The van der Waals surface area contributed by atoms with Crippen molar-refractivity contribution in [2.45, 2.75) is 6.42 Å². The number of benzene rings is 1. The maximum absolute atomic E-state index is 12.0. The fourth-order valence-corrected chi connectivity index (χ4v) is 2.52. The Morgan fingerprint density at radius 2 is 2.12 bits per heavy atom. The summed E-state index contributed by atoms with van der Waals surface area (Å²) in [6, 6.07) is 8.24. The number of carbonyl (C=O) groups excluding carboxylic acids is 1. The Balaban J connectivity index is 2.15. The molecule has 16 heavy (non-hydrogen) atoms. The largest absolute Gasteiger partial charge is 0.315 e. The van der Waals surface area contributed by atoms with Gasteiger partial charge in [-0.1, -0.05) is 30.8 Å². The number of nitrogens with zero attached hydrogens (tertiary/aromatic N) is 1. The number of hydrogen-bond donors (Lipinski definition) is 0. The molecule has 1 saturated heterocycles. The first kappa shape index (κ1) is 9.40. The second-order valence-corrected chi connectivity index (χ2v) is 4.41. The van der Waals surface area contributed by atoms with Gasteiger partial charge in [0.15, 0.2) is 0 Å². The van der Waals surface area contributed by atoms with Crippen molar-refractivity contribution >= 4 is 12.0 Å². The number of likely N-dealkylation sites (N-methyl/N-ethyl adjacent to an activating group) is 1. The number of likely N-dealkylation sites (tertiary alicyclic amines) is 1. The van der Waals surface area contributed by atoms with E-state index in [0.717, 1.165) is 17.7 Å². The van der Waals surface area contributed by atoms with Crippen molar-refractivity contribution in [3.05, 3.63) is 53.2 Å². The second-order valence-electron chi connectivity index (χ2n) is 4.41. The maximum Gasteiger partial charge on any atom is 0.254 e. The lowest BCUT2D eigenvalue weighted by atomic mass is 9.84. The van der Waals surface area contributed by atoms with Crippen molar-refractivity contribution in [2.75, 3.05) is 7.05 Å². The number of allylic oxidation sites excluding steroid dienone is 1. The van der Waals surface area contributed by atoms with E-state index in [1.54, 1.807) is 11.9 Å². The van der Waals surface area contributed by atoms with E-state index in [9.17, 15) is 4.79 Å². The van der Waals surface area contributed by atoms with Gasteiger partial charge in [-0.2, -0.15) is 0 Å². The molecule has 1 amide bonds. The average molecular weight is 211 g/mol. The summed E-state index contributed by atoms with van der Waals surface area (Å²) in [4.78, 5) is 13.6. The van der Waals surface area contributed by atoms with Gasteiger partial charge in [-0.15, -0.1) is 0 Å². The lowest BCUT2D eigenvalue weighted by Gasteiger charge is -2.19. The van der Waals surface area contributed by atoms with E-state index < -0.39 is 0 Å². The summed E-state index contributed by atoms with van der Waals surface area (Å²) in [6.45, 7) is 4.01. The van der Waals surface area contributed by atoms with E-state index in [1.807, 2.05) is 18.2 Å². The van der Waals surface area contributed by atoms with E-state index in [2.05, 4.69) is 18.7 Å². The monoisotopic (exact) mass is 211 g/mol. The van der Waals surface area contributed by atoms with Crippen LogP contribution in [0.2, 0.25) is 0 Å². The molecule has 2 nitrogen and oxygen atoms in total. The van der Waals surface area contributed by atoms with E-state index in [1.165, 1.54) is 11.1 Å². The molecular formula is C14H13NO. The Hall–Kier alpha value is -1.83. The Labute approximate surface area is 94.9 Å². The van der Waals surface area contributed by atoms with E-state index in [0.29, 0.717) is 0 Å². The second kappa shape index (κ2) is 3.08. The van der Waals surface area contributed by atoms with Crippen molar-refractivity contribution < 1.29 is 4.79 Å². The van der Waals surface area contributed by atoms with Crippen LogP contribution in [0.5, 0.6) is 0 Å². The molecule has 0 N–H and O–H groups in total. The average Bonchev–Trinajstić information content (AvgIpc) is 2.52. The Morgan fingerprint density at radius 1 is 1.38 bits per heavy atom. The quantitative estimate of drug-likeness (QED) is 0.644. The zero-order valence-electron chi connectivity index (χ0n) is 9.23. The van der Waals surface area contributed by atoms with E-state index in [4.69, 9.17) is 0 Å². The smallest absolute Gasteiger partial charge is 0.254 e. The van der Waals surface area contributed by atoms with Crippen molar-refractivity contribution in [3.8, 4) is 0 Å². The topological polar surface area (TPSA) is 20.3 Å². The standard InChI is InChI=1S/C14H13NO/c1-9-12-7-10-5-3-4-6-11(10)8-13(12)14(16)15(9)2/h3-6,8,12H,1,7H2,2H3. The van der Waals surface area contributed by atoms with Gasteiger partial charge in [0.25, 0.3) is 5.91 Å². The molecule has 1 aliphatic heterocycles. The summed E-state index contributed by atoms with van der Waals surface area (Å²) in [5.74, 6) is 0.289. The molecule has 1 aliphatic carbocycles. The third-order valence-electron chi connectivity index (χ3n) is 3.55. The van der Waals surface area contributed by atoms with Crippen LogP contribution in [0.4, 0.5) is 0 Å². The van der Waals surface area contributed by atoms with Gasteiger partial charge >= 0.3 is 0 Å². The van der Waals surface area contributed by atoms with Gasteiger partial charge in [0.05, 0.1) is 0 Å². The van der Waals surface area contributed by atoms with Gasteiger partial charge in [0.2, 0.25) is 0 Å². The van der Waals surface area contributed by atoms with Crippen LogP contribution >= 0.6 is 0 Å². The highest BCUT2D eigenvalue weighted by atomic mass is 16.2. The molecule has 3 rings (SSSR count). The van der Waals surface area contributed by atoms with Gasteiger partial charge < -0.3 is 4.90 Å². The summed E-state index contributed by atoms with van der Waals surface area (Å²) in [5.41, 5.74) is 4.29. The van der Waals surface area contributed by atoms with Crippen LogP contribution in [0.1, 0.15) is 11.1 Å². The number of hydrogen-bond acceptors (Lipinski definition) is 1. The molecule has 0 radical (unpaired) electrons. The van der Waals surface area contributed by atoms with Gasteiger partial charge in [-0.3, -0.25) is 4.79 Å². The minimum atomic E-state index is 0.101. The molecule has 0 bridgehead atoms. The summed E-state index contributed by atoms with van der Waals surface area (Å²) in [6.07, 6.45) is 2.91. The van der Waals surface area contributed by atoms with Gasteiger partial charge in [0.1, 0.15) is 0 Å². The van der Waals surface area contributed by atoms with Gasteiger partial charge in [-0.25, -0.2) is 0 Å². The minimum absolute atomic E-state index is 0.101. The number of amides is 1. The Bertz CT molecular complexity index is 527. The molecule has 1 aromatic rings. The fourth-order valence-electron chi connectivity index (χ4n) is 2.52. The van der Waals surface area contributed by atoms with E-state index >= 15 is 0 Å². The van der Waals surface area contributed by atoms with E-state index in [-0.39, 0.29) is 11.8 Å². The molecule has 1 fully saturated rings. The summed E-state index contributed by atoms with van der Waals surface area (Å²) < 4.78 is 0. The summed E-state index contributed by atoms with van der Waals surface area (Å²) in [7, 11) is 1.80. The van der Waals surface area contributed by atoms with Gasteiger partial charge in [-0.05, 0) is 23.6 Å². The molecule has 1 atom stereocenters. The predicted molar refractivity (Wildman–Crippen MR) is 63.5 cm³/mol. The highest BCUT2D eigenvalue weighted by Gasteiger charge is 2.38. The van der Waals surface area contributed by atoms with Crippen LogP contribution in [0.15, 0.2) is 42.1 Å². The van der Waals surface area contributed by atoms with Crippen LogP contribution in [0.3, 0.4) is 0 Å². The molecule has 2 heteroatoms. The summed E-state index contributed by atoms with van der Waals surface area (Å²) in [5, 5.41) is 0. The molecular weight excluding hydrogens is 198 g/mol. The highest BCUT2D eigenvalue weighted by Crippen LogP contribution is 2.39. The SMILES string of the molecule is C=C1C2Cc3ccccc3C=C2C(=O)N1C. The Kier molecular flexibility index (Phi) is 1.81. The molecule has 0 aromatic heterocycles. The van der Waals surface area contributed by atoms with Crippen molar-refractivity contribution in [3.63, 3.8) is 0 Å². The van der Waals surface area contributed by atoms with Gasteiger partial charge in [0, 0.05) is 24.2 Å². The van der Waals surface area contributed by atoms with Crippen molar-refractivity contribution in [2.24, 2.45) is 5.92 Å². The molecule has 0 spiro atoms. The molecule has 1 heterocycles. The molecule has 1 aromatic carbocycles. The third kappa shape index (κ3) is 1.10. The zero-order chi connectivity index (χ0) is 11.3. The third-order valence-corrected chi connectivity index (χ3v) is 3.55. The maximum atomic E-state index is 12.0. The molecule has 1 unspecified atom stereocenters. The molecule has 80 valence electrons. The lowest BCUT2D eigenvalue weighted by Crippen LogP contribution is -2.17. The van der Waals surface area contributed by atoms with Crippen LogP contribution in [-0.4, -0.2) is 17.9 Å². The van der Waals surface area contributed by atoms with Crippen LogP contribution < -0.4 is 0 Å². The minimum Gasteiger partial charge on any atom is -0.315 e. The van der Waals surface area contributed by atoms with Crippen molar-refractivity contribution in [1.82, 2.24) is 4.90 Å². The normalized spacial score (nSPS) is 22.9. The number of fused-ring (bicyclic) bond motifs is 2. The molecule has 2 aliphatic rings. The Morgan fingerprint density at radius 3 is 2.94 bits per heavy atom.